The van der Waals surface area contributed by atoms with Crippen molar-refractivity contribution in [2.24, 2.45) is 0 Å². The van der Waals surface area contributed by atoms with Crippen molar-refractivity contribution in [3.05, 3.63) is 40.9 Å². The highest BCUT2D eigenvalue weighted by Gasteiger charge is 2.09. The maximum absolute atomic E-state index is 5.68. The highest BCUT2D eigenvalue weighted by Crippen LogP contribution is 2.25. The van der Waals surface area contributed by atoms with Gasteiger partial charge in [-0.05, 0) is 31.5 Å². The summed E-state index contributed by atoms with van der Waals surface area (Å²) in [5.74, 6) is 0.751. The zero-order valence-corrected chi connectivity index (χ0v) is 8.80. The van der Waals surface area contributed by atoms with Crippen LogP contribution in [0.2, 0.25) is 5.35 Å². The fourth-order valence-corrected chi connectivity index (χ4v) is 1.62. The van der Waals surface area contributed by atoms with Gasteiger partial charge in [-0.25, -0.2) is 0 Å². The number of aryl methyl sites for hydroxylation is 2. The summed E-state index contributed by atoms with van der Waals surface area (Å²) in [6.45, 7) is 3.90. The summed E-state index contributed by atoms with van der Waals surface area (Å²) in [6.07, 6.45) is 0. The molecule has 3 heteroatoms. The second-order valence-corrected chi connectivity index (χ2v) is 3.56. The first-order chi connectivity index (χ1) is 6.66. The normalized spacial score (nSPS) is 10.5. The molecule has 0 N–H and O–H groups in total. The molecular formula is C11H10ClNO. The van der Waals surface area contributed by atoms with Crippen LogP contribution < -0.4 is 0 Å². The van der Waals surface area contributed by atoms with Crippen LogP contribution in [0.1, 0.15) is 11.3 Å². The predicted octanol–water partition coefficient (Wildman–Crippen LogP) is 3.61. The van der Waals surface area contributed by atoms with Gasteiger partial charge in [0, 0.05) is 5.56 Å². The average Bonchev–Trinajstić information content (AvgIpc) is 2.45. The van der Waals surface area contributed by atoms with E-state index >= 15 is 0 Å². The molecule has 2 aromatic rings. The number of rotatable bonds is 1. The van der Waals surface area contributed by atoms with Crippen molar-refractivity contribution >= 4 is 11.6 Å². The third kappa shape index (κ3) is 1.66. The van der Waals surface area contributed by atoms with Gasteiger partial charge in [0.2, 0.25) is 0 Å². The lowest BCUT2D eigenvalue weighted by Gasteiger charge is -1.98. The number of aromatic nitrogens is 1. The van der Waals surface area contributed by atoms with Crippen LogP contribution in [-0.2, 0) is 0 Å². The minimum absolute atomic E-state index is 0.194. The number of benzene rings is 1. The molecule has 0 saturated heterocycles. The van der Waals surface area contributed by atoms with Crippen molar-refractivity contribution in [3.63, 3.8) is 0 Å². The van der Waals surface area contributed by atoms with Gasteiger partial charge in [0.15, 0.2) is 0 Å². The second kappa shape index (κ2) is 3.46. The summed E-state index contributed by atoms with van der Waals surface area (Å²) in [7, 11) is 0. The quantitative estimate of drug-likeness (QED) is 0.714. The van der Waals surface area contributed by atoms with E-state index in [9.17, 15) is 0 Å². The molecule has 0 radical (unpaired) electrons. The molecule has 0 aliphatic heterocycles. The molecule has 0 atom stereocenters. The van der Waals surface area contributed by atoms with Crippen LogP contribution in [0.15, 0.2) is 28.7 Å². The SMILES string of the molecule is Cc1cccc(-c2nc(Cl)oc2C)c1. The Hall–Kier alpha value is -1.28. The Bertz CT molecular complexity index is 462. The van der Waals surface area contributed by atoms with Gasteiger partial charge in [0.1, 0.15) is 11.5 Å². The van der Waals surface area contributed by atoms with Crippen molar-refractivity contribution < 1.29 is 4.42 Å². The minimum atomic E-state index is 0.194. The van der Waals surface area contributed by atoms with Crippen LogP contribution >= 0.6 is 11.6 Å². The van der Waals surface area contributed by atoms with Crippen molar-refractivity contribution in [3.8, 4) is 11.3 Å². The fourth-order valence-electron chi connectivity index (χ4n) is 1.42. The number of halogens is 1. The number of oxazole rings is 1. The largest absolute Gasteiger partial charge is 0.432 e. The Morgan fingerprint density at radius 1 is 1.29 bits per heavy atom. The Labute approximate surface area is 87.5 Å². The Balaban J connectivity index is 2.54. The molecule has 1 aromatic heterocycles. The molecule has 72 valence electrons. The van der Waals surface area contributed by atoms with Crippen LogP contribution in [0.4, 0.5) is 0 Å². The minimum Gasteiger partial charge on any atom is -0.432 e. The molecule has 0 bridgehead atoms. The molecule has 2 rings (SSSR count). The summed E-state index contributed by atoms with van der Waals surface area (Å²) < 4.78 is 5.16. The summed E-state index contributed by atoms with van der Waals surface area (Å²) in [4.78, 5) is 4.12. The molecule has 0 amide bonds. The second-order valence-electron chi connectivity index (χ2n) is 3.24. The smallest absolute Gasteiger partial charge is 0.292 e. The summed E-state index contributed by atoms with van der Waals surface area (Å²) in [5.41, 5.74) is 3.05. The Morgan fingerprint density at radius 3 is 2.64 bits per heavy atom. The molecule has 2 nitrogen and oxygen atoms in total. The van der Waals surface area contributed by atoms with E-state index in [1.165, 1.54) is 5.56 Å². The monoisotopic (exact) mass is 207 g/mol. The highest BCUT2D eigenvalue weighted by molar-refractivity contribution is 6.27. The predicted molar refractivity (Wildman–Crippen MR) is 56.4 cm³/mol. The van der Waals surface area contributed by atoms with Crippen molar-refractivity contribution in [2.45, 2.75) is 13.8 Å². The van der Waals surface area contributed by atoms with Gasteiger partial charge >= 0.3 is 0 Å². The van der Waals surface area contributed by atoms with Crippen LogP contribution in [0.3, 0.4) is 0 Å². The molecule has 0 saturated carbocycles. The van der Waals surface area contributed by atoms with Crippen molar-refractivity contribution in [1.82, 2.24) is 4.98 Å². The van der Waals surface area contributed by atoms with E-state index in [2.05, 4.69) is 11.1 Å². The lowest BCUT2D eigenvalue weighted by Crippen LogP contribution is -1.81. The molecule has 14 heavy (non-hydrogen) atoms. The first-order valence-electron chi connectivity index (χ1n) is 4.37. The number of hydrogen-bond donors (Lipinski definition) is 0. The molecule has 1 heterocycles. The van der Waals surface area contributed by atoms with Crippen molar-refractivity contribution in [2.75, 3.05) is 0 Å². The summed E-state index contributed by atoms with van der Waals surface area (Å²) in [6, 6.07) is 8.09. The lowest BCUT2D eigenvalue weighted by atomic mass is 10.1. The van der Waals surface area contributed by atoms with Gasteiger partial charge in [-0.15, -0.1) is 0 Å². The van der Waals surface area contributed by atoms with Crippen LogP contribution in [-0.4, -0.2) is 4.98 Å². The molecule has 0 aliphatic carbocycles. The van der Waals surface area contributed by atoms with Crippen molar-refractivity contribution in [1.29, 1.82) is 0 Å². The number of hydrogen-bond acceptors (Lipinski definition) is 2. The van der Waals surface area contributed by atoms with Crippen LogP contribution in [0, 0.1) is 13.8 Å². The van der Waals surface area contributed by atoms with Gasteiger partial charge in [-0.1, -0.05) is 23.8 Å². The highest BCUT2D eigenvalue weighted by atomic mass is 35.5. The van der Waals surface area contributed by atoms with E-state index in [-0.39, 0.29) is 5.35 Å². The fraction of sp³-hybridized carbons (Fsp3) is 0.182. The van der Waals surface area contributed by atoms with E-state index in [1.807, 2.05) is 32.0 Å². The van der Waals surface area contributed by atoms with Gasteiger partial charge in [0.25, 0.3) is 5.35 Å². The maximum atomic E-state index is 5.68. The molecule has 0 spiro atoms. The lowest BCUT2D eigenvalue weighted by molar-refractivity contribution is 0.530. The summed E-state index contributed by atoms with van der Waals surface area (Å²) in [5, 5.41) is 0.194. The third-order valence-corrected chi connectivity index (χ3v) is 2.22. The molecule has 0 fully saturated rings. The molecule has 0 aliphatic rings. The van der Waals surface area contributed by atoms with Crippen LogP contribution in [0.5, 0.6) is 0 Å². The zero-order chi connectivity index (χ0) is 10.1. The van der Waals surface area contributed by atoms with E-state index in [0.29, 0.717) is 0 Å². The maximum Gasteiger partial charge on any atom is 0.292 e. The Morgan fingerprint density at radius 2 is 2.07 bits per heavy atom. The zero-order valence-electron chi connectivity index (χ0n) is 8.04. The summed E-state index contributed by atoms with van der Waals surface area (Å²) >= 11 is 5.68. The van der Waals surface area contributed by atoms with E-state index in [0.717, 1.165) is 17.0 Å². The van der Waals surface area contributed by atoms with Gasteiger partial charge < -0.3 is 4.42 Å². The van der Waals surface area contributed by atoms with Crippen LogP contribution in [0.25, 0.3) is 11.3 Å². The third-order valence-electron chi connectivity index (χ3n) is 2.06. The van der Waals surface area contributed by atoms with E-state index in [1.54, 1.807) is 0 Å². The van der Waals surface area contributed by atoms with Gasteiger partial charge in [-0.3, -0.25) is 0 Å². The molecule has 1 aromatic carbocycles. The first kappa shape index (κ1) is 9.28. The van der Waals surface area contributed by atoms with Gasteiger partial charge in [0.05, 0.1) is 0 Å². The first-order valence-corrected chi connectivity index (χ1v) is 4.74. The Kier molecular flexibility index (Phi) is 2.30. The standard InChI is InChI=1S/C11H10ClNO/c1-7-4-3-5-9(6-7)10-8(2)14-11(12)13-10/h3-6H,1-2H3. The molecule has 0 unspecified atom stereocenters. The van der Waals surface area contributed by atoms with E-state index < -0.39 is 0 Å². The van der Waals surface area contributed by atoms with E-state index in [4.69, 9.17) is 16.0 Å². The average molecular weight is 208 g/mol. The van der Waals surface area contributed by atoms with Gasteiger partial charge in [-0.2, -0.15) is 4.98 Å². The molecular weight excluding hydrogens is 198 g/mol. The number of nitrogens with zero attached hydrogens (tertiary/aromatic N) is 1. The topological polar surface area (TPSA) is 26.0 Å².